The summed E-state index contributed by atoms with van der Waals surface area (Å²) >= 11 is 0. The second kappa shape index (κ2) is 10.0. The molecule has 0 bridgehead atoms. The third kappa shape index (κ3) is 4.11. The van der Waals surface area contributed by atoms with Crippen molar-refractivity contribution < 1.29 is 8.83 Å². The summed E-state index contributed by atoms with van der Waals surface area (Å²) in [5.74, 6) is 0. The third-order valence-electron chi connectivity index (χ3n) is 8.06. The molecular weight excluding hydrogens is 528 g/mol. The van der Waals surface area contributed by atoms with Gasteiger partial charge >= 0.3 is 0 Å². The van der Waals surface area contributed by atoms with Gasteiger partial charge in [0.25, 0.3) is 0 Å². The van der Waals surface area contributed by atoms with Gasteiger partial charge in [-0.05, 0) is 70.8 Å². The highest BCUT2D eigenvalue weighted by Gasteiger charge is 2.16. The Hall–Kier alpha value is -5.61. The number of fused-ring (bicyclic) bond motifs is 8. The number of furan rings is 2. The van der Waals surface area contributed by atoms with Crippen molar-refractivity contribution in [1.29, 1.82) is 0 Å². The Morgan fingerprint density at radius 1 is 0.488 bits per heavy atom. The number of hydrogen-bond donors (Lipinski definition) is 0. The lowest BCUT2D eigenvalue weighted by Crippen LogP contribution is -1.83. The molecule has 4 heteroatoms. The Balaban J connectivity index is 0.00000136. The van der Waals surface area contributed by atoms with Crippen LogP contribution in [-0.2, 0) is 0 Å². The van der Waals surface area contributed by atoms with Gasteiger partial charge in [-0.2, -0.15) is 0 Å². The van der Waals surface area contributed by atoms with Crippen molar-refractivity contribution in [2.75, 3.05) is 0 Å². The van der Waals surface area contributed by atoms with E-state index in [0.717, 1.165) is 71.9 Å². The van der Waals surface area contributed by atoms with Crippen molar-refractivity contribution in [3.63, 3.8) is 0 Å². The predicted molar refractivity (Wildman–Crippen MR) is 177 cm³/mol. The minimum absolute atomic E-state index is 0.797. The van der Waals surface area contributed by atoms with Crippen LogP contribution in [0.3, 0.4) is 0 Å². The number of para-hydroxylation sites is 1. The fourth-order valence-corrected chi connectivity index (χ4v) is 5.98. The lowest BCUT2D eigenvalue weighted by Gasteiger charge is -2.07. The molecule has 0 fully saturated rings. The average molecular weight is 557 g/mol. The van der Waals surface area contributed by atoms with Crippen LogP contribution >= 0.6 is 0 Å². The number of benzene rings is 5. The van der Waals surface area contributed by atoms with E-state index in [1.54, 1.807) is 0 Å². The molecule has 0 aliphatic heterocycles. The molecule has 4 nitrogen and oxygen atoms in total. The molecule has 5 aromatic carbocycles. The van der Waals surface area contributed by atoms with Crippen LogP contribution in [0.1, 0.15) is 13.8 Å². The molecule has 0 saturated carbocycles. The highest BCUT2D eigenvalue weighted by molar-refractivity contribution is 6.19. The van der Waals surface area contributed by atoms with Crippen LogP contribution < -0.4 is 0 Å². The first kappa shape index (κ1) is 25.1. The Morgan fingerprint density at radius 3 is 1.91 bits per heavy atom. The number of aromatic nitrogens is 2. The summed E-state index contributed by atoms with van der Waals surface area (Å²) in [6.45, 7) is 4.00. The lowest BCUT2D eigenvalue weighted by atomic mass is 9.97. The smallest absolute Gasteiger partial charge is 0.178 e. The molecule has 0 saturated heterocycles. The number of imidazole rings is 1. The predicted octanol–water partition coefficient (Wildman–Crippen LogP) is 11.2. The molecule has 0 amide bonds. The normalized spacial score (nSPS) is 11.5. The molecule has 0 radical (unpaired) electrons. The molecule has 43 heavy (non-hydrogen) atoms. The van der Waals surface area contributed by atoms with Gasteiger partial charge < -0.3 is 13.2 Å². The van der Waals surface area contributed by atoms with Gasteiger partial charge in [0, 0.05) is 39.5 Å². The maximum atomic E-state index is 6.35. The highest BCUT2D eigenvalue weighted by Crippen LogP contribution is 2.40. The first-order valence-electron chi connectivity index (χ1n) is 14.7. The summed E-state index contributed by atoms with van der Waals surface area (Å²) in [5.41, 5.74) is 11.0. The summed E-state index contributed by atoms with van der Waals surface area (Å²) in [6.07, 6.45) is 4.09. The van der Waals surface area contributed by atoms with Crippen molar-refractivity contribution in [2.24, 2.45) is 0 Å². The zero-order valence-corrected chi connectivity index (χ0v) is 23.9. The van der Waals surface area contributed by atoms with E-state index >= 15 is 0 Å². The SMILES string of the molecule is CC.c1cc(-c2ccc(-c3cn4ccccc4n3)cc2)cc(-c2ccc3oc4c(ccc5c6ccccc6oc54)c3c2)c1. The van der Waals surface area contributed by atoms with Crippen LogP contribution in [0.2, 0.25) is 0 Å². The van der Waals surface area contributed by atoms with Crippen LogP contribution in [0.15, 0.2) is 143 Å². The Labute approximate surface area is 248 Å². The minimum Gasteiger partial charge on any atom is -0.452 e. The first-order valence-corrected chi connectivity index (χ1v) is 14.7. The van der Waals surface area contributed by atoms with E-state index in [1.807, 2.05) is 60.8 Å². The first-order chi connectivity index (χ1) is 21.3. The van der Waals surface area contributed by atoms with E-state index in [0.29, 0.717) is 0 Å². The van der Waals surface area contributed by atoms with Gasteiger partial charge in [-0.1, -0.05) is 86.6 Å². The fourth-order valence-electron chi connectivity index (χ4n) is 5.98. The van der Waals surface area contributed by atoms with Crippen LogP contribution in [-0.4, -0.2) is 9.38 Å². The van der Waals surface area contributed by atoms with Crippen molar-refractivity contribution in [3.05, 3.63) is 134 Å². The Bertz CT molecular complexity index is 2390. The van der Waals surface area contributed by atoms with E-state index in [4.69, 9.17) is 13.8 Å². The molecule has 4 heterocycles. The monoisotopic (exact) mass is 556 g/mol. The molecule has 0 unspecified atom stereocenters. The molecule has 0 aliphatic rings. The molecule has 0 aliphatic carbocycles. The number of nitrogens with zero attached hydrogens (tertiary/aromatic N) is 2. The molecule has 9 rings (SSSR count). The van der Waals surface area contributed by atoms with Crippen molar-refractivity contribution in [1.82, 2.24) is 9.38 Å². The van der Waals surface area contributed by atoms with Gasteiger partial charge in [-0.3, -0.25) is 0 Å². The standard InChI is InChI=1S/C37H22N2O2.C2H6/c1-2-9-33-28(8-1)29-16-17-30-31-21-27(15-18-34(31)41-37(30)36(29)40-33)26-7-5-6-25(20-26)23-11-13-24(14-12-23)32-22-39-19-4-3-10-35(39)38-32;1-2/h1-22H;1-2H3. The summed E-state index contributed by atoms with van der Waals surface area (Å²) in [5, 5.41) is 4.33. The average Bonchev–Trinajstić information content (AvgIpc) is 3.79. The van der Waals surface area contributed by atoms with Gasteiger partial charge in [-0.15, -0.1) is 0 Å². The van der Waals surface area contributed by atoms with Crippen LogP contribution in [0, 0.1) is 0 Å². The summed E-state index contributed by atoms with van der Waals surface area (Å²) in [6, 6.07) is 42.2. The molecule has 0 N–H and O–H groups in total. The van der Waals surface area contributed by atoms with E-state index in [1.165, 1.54) is 11.1 Å². The summed E-state index contributed by atoms with van der Waals surface area (Å²) in [4.78, 5) is 4.76. The van der Waals surface area contributed by atoms with E-state index in [9.17, 15) is 0 Å². The zero-order chi connectivity index (χ0) is 28.9. The van der Waals surface area contributed by atoms with Gasteiger partial charge in [-0.25, -0.2) is 4.98 Å². The molecule has 9 aromatic rings. The molecule has 4 aromatic heterocycles. The zero-order valence-electron chi connectivity index (χ0n) is 23.9. The Morgan fingerprint density at radius 2 is 1.12 bits per heavy atom. The van der Waals surface area contributed by atoms with Crippen molar-refractivity contribution in [2.45, 2.75) is 13.8 Å². The lowest BCUT2D eigenvalue weighted by molar-refractivity contribution is 0.633. The van der Waals surface area contributed by atoms with Gasteiger partial charge in [0.15, 0.2) is 11.2 Å². The summed E-state index contributed by atoms with van der Waals surface area (Å²) < 4.78 is 14.6. The number of pyridine rings is 1. The molecule has 0 spiro atoms. The minimum atomic E-state index is 0.797. The third-order valence-corrected chi connectivity index (χ3v) is 8.06. The van der Waals surface area contributed by atoms with Gasteiger partial charge in [0.05, 0.1) is 5.69 Å². The number of rotatable bonds is 3. The van der Waals surface area contributed by atoms with E-state index in [2.05, 4.69) is 91.1 Å². The second-order valence-electron chi connectivity index (χ2n) is 10.5. The van der Waals surface area contributed by atoms with Gasteiger partial charge in [0.1, 0.15) is 16.8 Å². The molecular formula is C39H28N2O2. The van der Waals surface area contributed by atoms with E-state index < -0.39 is 0 Å². The topological polar surface area (TPSA) is 43.6 Å². The van der Waals surface area contributed by atoms with Crippen LogP contribution in [0.25, 0.3) is 83.0 Å². The van der Waals surface area contributed by atoms with Crippen molar-refractivity contribution in [3.8, 4) is 33.5 Å². The molecule has 206 valence electrons. The number of hydrogen-bond acceptors (Lipinski definition) is 3. The quantitative estimate of drug-likeness (QED) is 0.217. The second-order valence-corrected chi connectivity index (χ2v) is 10.5. The molecule has 0 atom stereocenters. The Kier molecular flexibility index (Phi) is 5.86. The van der Waals surface area contributed by atoms with E-state index in [-0.39, 0.29) is 0 Å². The summed E-state index contributed by atoms with van der Waals surface area (Å²) in [7, 11) is 0. The largest absolute Gasteiger partial charge is 0.452 e. The van der Waals surface area contributed by atoms with Crippen molar-refractivity contribution >= 4 is 49.5 Å². The fraction of sp³-hybridized carbons (Fsp3) is 0.0513. The maximum absolute atomic E-state index is 6.35. The van der Waals surface area contributed by atoms with Crippen LogP contribution in [0.4, 0.5) is 0 Å². The maximum Gasteiger partial charge on any atom is 0.178 e. The van der Waals surface area contributed by atoms with Crippen LogP contribution in [0.5, 0.6) is 0 Å². The van der Waals surface area contributed by atoms with Gasteiger partial charge in [0.2, 0.25) is 0 Å². The highest BCUT2D eigenvalue weighted by atomic mass is 16.4.